The zero-order chi connectivity index (χ0) is 36.3. The molecule has 50 heavy (non-hydrogen) atoms. The van der Waals surface area contributed by atoms with E-state index in [4.69, 9.17) is 9.47 Å². The maximum atomic E-state index is 15.1. The lowest BCUT2D eigenvalue weighted by Gasteiger charge is -2.41. The third kappa shape index (κ3) is 6.79. The number of nitrogens with zero attached hydrogens (tertiary/aromatic N) is 2. The van der Waals surface area contributed by atoms with E-state index >= 15 is 4.79 Å². The van der Waals surface area contributed by atoms with Crippen molar-refractivity contribution in [3.8, 4) is 0 Å². The van der Waals surface area contributed by atoms with Crippen LogP contribution >= 0.6 is 15.9 Å². The topological polar surface area (TPSA) is 125 Å². The second kappa shape index (κ2) is 15.6. The van der Waals surface area contributed by atoms with E-state index < -0.39 is 59.5 Å². The van der Waals surface area contributed by atoms with Crippen LogP contribution in [0.15, 0.2) is 73.8 Å². The van der Waals surface area contributed by atoms with Gasteiger partial charge >= 0.3 is 5.97 Å². The van der Waals surface area contributed by atoms with Crippen LogP contribution in [0.3, 0.4) is 0 Å². The molecule has 5 rings (SSSR count). The number of anilines is 1. The number of para-hydroxylation sites is 1. The van der Waals surface area contributed by atoms with Crippen molar-refractivity contribution in [1.29, 1.82) is 0 Å². The highest BCUT2D eigenvalue weighted by atomic mass is 79.9. The molecule has 3 fully saturated rings. The summed E-state index contributed by atoms with van der Waals surface area (Å²) in [7, 11) is 0. The predicted molar refractivity (Wildman–Crippen MR) is 194 cm³/mol. The van der Waals surface area contributed by atoms with Gasteiger partial charge in [-0.25, -0.2) is 0 Å². The number of benzene rings is 2. The minimum atomic E-state index is -1.34. The summed E-state index contributed by atoms with van der Waals surface area (Å²) < 4.78 is 12.3. The number of rotatable bonds is 15. The lowest BCUT2D eigenvalue weighted by atomic mass is 9.70. The number of alkyl halides is 1. The third-order valence-corrected chi connectivity index (χ3v) is 11.2. The summed E-state index contributed by atoms with van der Waals surface area (Å²) in [5.41, 5.74) is 1.88. The Morgan fingerprint density at radius 3 is 2.40 bits per heavy atom. The number of hydrogen-bond donors (Lipinski definition) is 2. The fourth-order valence-corrected chi connectivity index (χ4v) is 9.01. The molecule has 3 amide bonds. The highest BCUT2D eigenvalue weighted by Gasteiger charge is 2.77. The quantitative estimate of drug-likeness (QED) is 0.150. The Labute approximate surface area is 303 Å². The summed E-state index contributed by atoms with van der Waals surface area (Å²) in [6, 6.07) is 12.5. The third-order valence-electron chi connectivity index (χ3n) is 10.3. The van der Waals surface area contributed by atoms with Gasteiger partial charge in [0.1, 0.15) is 18.2 Å². The summed E-state index contributed by atoms with van der Waals surface area (Å²) in [6.07, 6.45) is 3.54. The molecule has 2 aromatic carbocycles. The second-order valence-corrected chi connectivity index (χ2v) is 15.0. The van der Waals surface area contributed by atoms with Gasteiger partial charge in [0.15, 0.2) is 0 Å². The maximum absolute atomic E-state index is 15.1. The molecule has 8 atom stereocenters. The highest BCUT2D eigenvalue weighted by Crippen LogP contribution is 2.61. The maximum Gasteiger partial charge on any atom is 0.306 e. The molecule has 11 heteroatoms. The number of ether oxygens (including phenoxy) is 2. The lowest BCUT2D eigenvalue weighted by Crippen LogP contribution is -2.60. The molecule has 3 heterocycles. The van der Waals surface area contributed by atoms with Crippen LogP contribution in [0.5, 0.6) is 0 Å². The number of halogens is 1. The molecular weight excluding hydrogens is 702 g/mol. The standard InChI is InChI=1S/C39H48BrN3O7/c1-7-9-18-30(45)49-22-28(26-16-11-10-12-17-26)41-36(46)31-32-37(47)43(29(21-44)23(3)4)35(39(32)20-27(40)34(31)50-39)38(48)42(19-8-2)33-24(5)14-13-15-25(33)6/h7-8,10-17,23,27-29,31-32,34-35,44H,1-2,9,18-22H2,3-6H3,(H,41,46)/t27?,28-,29+,31-,32+,34-,35-,39+/m1/s1. The number of carbonyl (C=O) groups is 4. The van der Waals surface area contributed by atoms with E-state index in [0.717, 1.165) is 22.4 Å². The van der Waals surface area contributed by atoms with Crippen LogP contribution in [0.1, 0.15) is 55.8 Å². The molecule has 3 aliphatic heterocycles. The van der Waals surface area contributed by atoms with E-state index in [1.54, 1.807) is 17.1 Å². The summed E-state index contributed by atoms with van der Waals surface area (Å²) in [6.45, 7) is 14.9. The molecule has 3 saturated heterocycles. The molecule has 0 aliphatic carbocycles. The van der Waals surface area contributed by atoms with Crippen LogP contribution in [0.4, 0.5) is 5.69 Å². The van der Waals surface area contributed by atoms with Crippen LogP contribution < -0.4 is 10.2 Å². The van der Waals surface area contributed by atoms with Crippen LogP contribution in [0, 0.1) is 31.6 Å². The van der Waals surface area contributed by atoms with Gasteiger partial charge in [-0.15, -0.1) is 13.2 Å². The van der Waals surface area contributed by atoms with Gasteiger partial charge in [0.25, 0.3) is 5.91 Å². The summed E-state index contributed by atoms with van der Waals surface area (Å²) >= 11 is 3.75. The number of carbonyl (C=O) groups excluding carboxylic acids is 4. The van der Waals surface area contributed by atoms with Crippen molar-refractivity contribution in [3.05, 3.63) is 90.5 Å². The number of hydrogen-bond acceptors (Lipinski definition) is 7. The van der Waals surface area contributed by atoms with Gasteiger partial charge in [-0.05, 0) is 49.3 Å². The van der Waals surface area contributed by atoms with Gasteiger partial charge in [0.05, 0.1) is 36.6 Å². The highest BCUT2D eigenvalue weighted by molar-refractivity contribution is 9.09. The number of nitrogens with one attached hydrogen (secondary N) is 1. The van der Waals surface area contributed by atoms with E-state index in [0.29, 0.717) is 12.8 Å². The van der Waals surface area contributed by atoms with Crippen LogP contribution in [-0.4, -0.2) is 82.1 Å². The number of esters is 1. The Kier molecular flexibility index (Phi) is 11.7. The zero-order valence-electron chi connectivity index (χ0n) is 29.2. The van der Waals surface area contributed by atoms with Gasteiger partial charge in [-0.3, -0.25) is 19.2 Å². The number of aliphatic hydroxyl groups is 1. The molecule has 0 saturated carbocycles. The molecule has 0 aromatic heterocycles. The zero-order valence-corrected chi connectivity index (χ0v) is 30.8. The van der Waals surface area contributed by atoms with Crippen molar-refractivity contribution in [2.75, 3.05) is 24.7 Å². The van der Waals surface area contributed by atoms with E-state index in [1.165, 1.54) is 4.90 Å². The van der Waals surface area contributed by atoms with Gasteiger partial charge < -0.3 is 29.7 Å². The number of allylic oxidation sites excluding steroid dienone is 1. The Balaban J connectivity index is 1.55. The van der Waals surface area contributed by atoms with Crippen LogP contribution in [0.2, 0.25) is 0 Å². The monoisotopic (exact) mass is 749 g/mol. The molecule has 1 unspecified atom stereocenters. The normalized spacial score (nSPS) is 26.3. The molecule has 2 bridgehead atoms. The number of amides is 3. The minimum Gasteiger partial charge on any atom is -0.463 e. The first kappa shape index (κ1) is 37.5. The predicted octanol–water partition coefficient (Wildman–Crippen LogP) is 4.95. The van der Waals surface area contributed by atoms with Crippen LogP contribution in [-0.2, 0) is 28.7 Å². The first-order chi connectivity index (χ1) is 23.9. The van der Waals surface area contributed by atoms with Gasteiger partial charge in [-0.1, -0.05) is 90.5 Å². The summed E-state index contributed by atoms with van der Waals surface area (Å²) in [5, 5.41) is 13.7. The fourth-order valence-electron chi connectivity index (χ4n) is 8.07. The van der Waals surface area contributed by atoms with E-state index in [1.807, 2.05) is 76.2 Å². The van der Waals surface area contributed by atoms with Crippen molar-refractivity contribution >= 4 is 45.3 Å². The minimum absolute atomic E-state index is 0.106. The smallest absolute Gasteiger partial charge is 0.306 e. The lowest BCUT2D eigenvalue weighted by molar-refractivity contribution is -0.147. The van der Waals surface area contributed by atoms with Gasteiger partial charge in [0.2, 0.25) is 11.8 Å². The van der Waals surface area contributed by atoms with E-state index in [9.17, 15) is 19.5 Å². The molecule has 10 nitrogen and oxygen atoms in total. The van der Waals surface area contributed by atoms with Crippen LogP contribution in [0.25, 0.3) is 0 Å². The summed E-state index contributed by atoms with van der Waals surface area (Å²) in [4.78, 5) is 59.6. The van der Waals surface area contributed by atoms with Crippen molar-refractivity contribution in [2.24, 2.45) is 17.8 Å². The molecule has 268 valence electrons. The molecule has 2 aromatic rings. The Hall–Kier alpha value is -3.80. The first-order valence-corrected chi connectivity index (χ1v) is 18.2. The number of aliphatic hydroxyl groups excluding tert-OH is 1. The average molecular weight is 751 g/mol. The Morgan fingerprint density at radius 2 is 1.80 bits per heavy atom. The average Bonchev–Trinajstić information content (AvgIpc) is 3.68. The Morgan fingerprint density at radius 1 is 1.12 bits per heavy atom. The second-order valence-electron chi connectivity index (χ2n) is 13.9. The summed E-state index contributed by atoms with van der Waals surface area (Å²) in [5.74, 6) is -3.75. The SMILES string of the molecule is C=CCCC(=O)OC[C@@H](NC(=O)[C@H]1[C@@H]2O[C@@]3(CC2Br)[C@@H]1C(=O)N([C@@H](CO)C(C)C)[C@@H]3C(=O)N(CC=C)c1c(C)cccc1C)c1ccccc1. The van der Waals surface area contributed by atoms with Gasteiger partial charge in [0, 0.05) is 23.5 Å². The molecule has 1 spiro atoms. The number of aryl methyl sites for hydroxylation is 2. The molecular formula is C39H48BrN3O7. The molecule has 2 N–H and O–H groups in total. The van der Waals surface area contributed by atoms with Crippen molar-refractivity contribution in [2.45, 2.75) is 81.6 Å². The number of likely N-dealkylation sites (tertiary alicyclic amines) is 1. The Bertz CT molecular complexity index is 1600. The van der Waals surface area contributed by atoms with Crippen molar-refractivity contribution in [3.63, 3.8) is 0 Å². The molecule has 3 aliphatic rings. The first-order valence-electron chi connectivity index (χ1n) is 17.3. The fraction of sp³-hybridized carbons (Fsp3) is 0.487. The van der Waals surface area contributed by atoms with Crippen molar-refractivity contribution in [1.82, 2.24) is 10.2 Å². The largest absolute Gasteiger partial charge is 0.463 e. The molecule has 0 radical (unpaired) electrons. The van der Waals surface area contributed by atoms with E-state index in [-0.39, 0.29) is 42.8 Å². The number of fused-ring (bicyclic) bond motifs is 1. The van der Waals surface area contributed by atoms with Gasteiger partial charge in [-0.2, -0.15) is 0 Å². The van der Waals surface area contributed by atoms with E-state index in [2.05, 4.69) is 34.4 Å². The van der Waals surface area contributed by atoms with Crippen molar-refractivity contribution < 1.29 is 33.8 Å².